The molecule has 3 nitrogen and oxygen atoms in total. The maximum absolute atomic E-state index is 11.7. The van der Waals surface area contributed by atoms with E-state index in [-0.39, 0.29) is 11.3 Å². The molecule has 4 heteroatoms. The molecular formula is C12H14ClNO2. The molecule has 2 rings (SSSR count). The maximum Gasteiger partial charge on any atom is 0.228 e. The fraction of sp³-hybridized carbons (Fsp3) is 0.417. The number of halogens is 1. The molecule has 86 valence electrons. The second-order valence-electron chi connectivity index (χ2n) is 4.04. The van der Waals surface area contributed by atoms with Crippen LogP contribution in [0.25, 0.3) is 0 Å². The van der Waals surface area contributed by atoms with Gasteiger partial charge >= 0.3 is 0 Å². The van der Waals surface area contributed by atoms with Gasteiger partial charge in [0.1, 0.15) is 0 Å². The van der Waals surface area contributed by atoms with Gasteiger partial charge in [-0.2, -0.15) is 0 Å². The van der Waals surface area contributed by atoms with Gasteiger partial charge in [-0.25, -0.2) is 0 Å². The van der Waals surface area contributed by atoms with Crippen molar-refractivity contribution in [1.82, 2.24) is 0 Å². The molecule has 2 unspecified atom stereocenters. The van der Waals surface area contributed by atoms with Crippen LogP contribution in [0.15, 0.2) is 24.3 Å². The van der Waals surface area contributed by atoms with Crippen LogP contribution in [0.1, 0.15) is 25.0 Å². The molecule has 1 aromatic rings. The molecule has 1 heterocycles. The van der Waals surface area contributed by atoms with E-state index in [0.29, 0.717) is 13.0 Å². The summed E-state index contributed by atoms with van der Waals surface area (Å²) in [7, 11) is 0. The Morgan fingerprint density at radius 3 is 2.75 bits per heavy atom. The van der Waals surface area contributed by atoms with Crippen molar-refractivity contribution in [3.8, 4) is 0 Å². The number of carbonyl (C=O) groups is 1. The summed E-state index contributed by atoms with van der Waals surface area (Å²) in [5.74, 6) is 0.0214. The molecular weight excluding hydrogens is 226 g/mol. The number of hydrogen-bond acceptors (Lipinski definition) is 2. The molecule has 0 radical (unpaired) electrons. The van der Waals surface area contributed by atoms with E-state index < -0.39 is 6.10 Å². The van der Waals surface area contributed by atoms with E-state index in [0.717, 1.165) is 11.3 Å². The Hall–Kier alpha value is -1.06. The Morgan fingerprint density at radius 1 is 1.50 bits per heavy atom. The lowest BCUT2D eigenvalue weighted by molar-refractivity contribution is -0.117. The van der Waals surface area contributed by atoms with Crippen LogP contribution in [-0.2, 0) is 4.79 Å². The summed E-state index contributed by atoms with van der Waals surface area (Å²) in [6, 6.07) is 7.38. The van der Waals surface area contributed by atoms with E-state index in [1.165, 1.54) is 0 Å². The van der Waals surface area contributed by atoms with Gasteiger partial charge in [0.05, 0.1) is 11.5 Å². The first kappa shape index (κ1) is 11.4. The van der Waals surface area contributed by atoms with E-state index >= 15 is 0 Å². The SMILES string of the molecule is CC(O)c1ccccc1N1CC(Cl)CC1=O. The number of anilines is 1. The number of amides is 1. The average molecular weight is 240 g/mol. The Balaban J connectivity index is 2.36. The number of nitrogens with zero attached hydrogens (tertiary/aromatic N) is 1. The number of benzene rings is 1. The van der Waals surface area contributed by atoms with Gasteiger partial charge in [-0.05, 0) is 13.0 Å². The van der Waals surface area contributed by atoms with Crippen molar-refractivity contribution < 1.29 is 9.90 Å². The minimum absolute atomic E-state index is 0.0214. The lowest BCUT2D eigenvalue weighted by Crippen LogP contribution is -2.26. The van der Waals surface area contributed by atoms with Crippen molar-refractivity contribution >= 4 is 23.2 Å². The first-order chi connectivity index (χ1) is 7.59. The van der Waals surface area contributed by atoms with Crippen LogP contribution in [0.2, 0.25) is 0 Å². The standard InChI is InChI=1S/C12H14ClNO2/c1-8(15)10-4-2-3-5-11(10)14-7-9(13)6-12(14)16/h2-5,8-9,15H,6-7H2,1H3. The molecule has 0 saturated carbocycles. The lowest BCUT2D eigenvalue weighted by Gasteiger charge is -2.21. The zero-order valence-electron chi connectivity index (χ0n) is 9.06. The molecule has 1 N–H and O–H groups in total. The highest BCUT2D eigenvalue weighted by Crippen LogP contribution is 2.30. The third-order valence-corrected chi connectivity index (χ3v) is 3.05. The van der Waals surface area contributed by atoms with Gasteiger partial charge in [-0.3, -0.25) is 4.79 Å². The van der Waals surface area contributed by atoms with E-state index in [2.05, 4.69) is 0 Å². The predicted octanol–water partition coefficient (Wildman–Crippen LogP) is 2.08. The topological polar surface area (TPSA) is 40.5 Å². The van der Waals surface area contributed by atoms with Gasteiger partial charge < -0.3 is 10.0 Å². The Morgan fingerprint density at radius 2 is 2.19 bits per heavy atom. The summed E-state index contributed by atoms with van der Waals surface area (Å²) < 4.78 is 0. The van der Waals surface area contributed by atoms with Gasteiger partial charge in [0.25, 0.3) is 0 Å². The first-order valence-electron chi connectivity index (χ1n) is 5.31. The Labute approximate surface area is 99.6 Å². The molecule has 1 amide bonds. The third kappa shape index (κ3) is 2.06. The van der Waals surface area contributed by atoms with Crippen molar-refractivity contribution in [2.24, 2.45) is 0 Å². The molecule has 16 heavy (non-hydrogen) atoms. The highest BCUT2D eigenvalue weighted by Gasteiger charge is 2.30. The number of rotatable bonds is 2. The molecule has 1 aromatic carbocycles. The molecule has 0 aromatic heterocycles. The normalized spacial score (nSPS) is 22.6. The van der Waals surface area contributed by atoms with Gasteiger partial charge in [0.15, 0.2) is 0 Å². The van der Waals surface area contributed by atoms with Crippen LogP contribution in [0.4, 0.5) is 5.69 Å². The van der Waals surface area contributed by atoms with Gasteiger partial charge in [0.2, 0.25) is 5.91 Å². The fourth-order valence-electron chi connectivity index (χ4n) is 1.98. The van der Waals surface area contributed by atoms with Crippen LogP contribution in [0.5, 0.6) is 0 Å². The molecule has 0 spiro atoms. The van der Waals surface area contributed by atoms with E-state index in [1.54, 1.807) is 11.8 Å². The van der Waals surface area contributed by atoms with Gasteiger partial charge in [-0.1, -0.05) is 18.2 Å². The van der Waals surface area contributed by atoms with Crippen molar-refractivity contribution in [3.05, 3.63) is 29.8 Å². The van der Waals surface area contributed by atoms with Crippen molar-refractivity contribution in [1.29, 1.82) is 0 Å². The lowest BCUT2D eigenvalue weighted by atomic mass is 10.1. The summed E-state index contributed by atoms with van der Waals surface area (Å²) in [5, 5.41) is 9.52. The smallest absolute Gasteiger partial charge is 0.228 e. The molecule has 1 aliphatic heterocycles. The summed E-state index contributed by atoms with van der Waals surface area (Å²) in [6.07, 6.45) is -0.214. The van der Waals surface area contributed by atoms with Crippen molar-refractivity contribution in [2.45, 2.75) is 24.8 Å². The van der Waals surface area contributed by atoms with Gasteiger partial charge in [-0.15, -0.1) is 11.6 Å². The number of para-hydroxylation sites is 1. The summed E-state index contributed by atoms with van der Waals surface area (Å²) >= 11 is 5.96. The molecule has 2 atom stereocenters. The molecule has 1 saturated heterocycles. The first-order valence-corrected chi connectivity index (χ1v) is 5.74. The minimum atomic E-state index is -0.585. The number of alkyl halides is 1. The summed E-state index contributed by atoms with van der Waals surface area (Å²) in [4.78, 5) is 13.4. The maximum atomic E-state index is 11.7. The molecule has 0 aliphatic carbocycles. The number of hydrogen-bond donors (Lipinski definition) is 1. The fourth-order valence-corrected chi connectivity index (χ4v) is 2.25. The van der Waals surface area contributed by atoms with Crippen molar-refractivity contribution in [2.75, 3.05) is 11.4 Å². The highest BCUT2D eigenvalue weighted by atomic mass is 35.5. The minimum Gasteiger partial charge on any atom is -0.389 e. The monoisotopic (exact) mass is 239 g/mol. The summed E-state index contributed by atoms with van der Waals surface area (Å²) in [6.45, 7) is 2.21. The van der Waals surface area contributed by atoms with Crippen LogP contribution < -0.4 is 4.90 Å². The van der Waals surface area contributed by atoms with Crippen molar-refractivity contribution in [3.63, 3.8) is 0 Å². The average Bonchev–Trinajstić information content (AvgIpc) is 2.57. The van der Waals surface area contributed by atoms with E-state index in [9.17, 15) is 9.90 Å². The predicted molar refractivity (Wildman–Crippen MR) is 63.7 cm³/mol. The van der Waals surface area contributed by atoms with Crippen LogP contribution >= 0.6 is 11.6 Å². The zero-order chi connectivity index (χ0) is 11.7. The Bertz CT molecular complexity index is 406. The van der Waals surface area contributed by atoms with Gasteiger partial charge in [0, 0.05) is 24.2 Å². The number of aliphatic hydroxyl groups is 1. The second-order valence-corrected chi connectivity index (χ2v) is 4.66. The zero-order valence-corrected chi connectivity index (χ0v) is 9.81. The van der Waals surface area contributed by atoms with E-state index in [4.69, 9.17) is 11.6 Å². The largest absolute Gasteiger partial charge is 0.389 e. The van der Waals surface area contributed by atoms with Crippen LogP contribution in [0.3, 0.4) is 0 Å². The number of carbonyl (C=O) groups excluding carboxylic acids is 1. The molecule has 1 fully saturated rings. The summed E-state index contributed by atoms with van der Waals surface area (Å²) in [5.41, 5.74) is 1.53. The molecule has 1 aliphatic rings. The van der Waals surface area contributed by atoms with Crippen LogP contribution in [0, 0.1) is 0 Å². The number of aliphatic hydroxyl groups excluding tert-OH is 1. The Kier molecular flexibility index (Phi) is 3.17. The quantitative estimate of drug-likeness (QED) is 0.803. The second kappa shape index (κ2) is 4.44. The van der Waals surface area contributed by atoms with Crippen LogP contribution in [-0.4, -0.2) is 22.9 Å². The van der Waals surface area contributed by atoms with E-state index in [1.807, 2.05) is 24.3 Å². The highest BCUT2D eigenvalue weighted by molar-refractivity contribution is 6.24. The third-order valence-electron chi connectivity index (χ3n) is 2.76. The molecule has 0 bridgehead atoms.